The molecule has 1 aromatic carbocycles. The number of carbonyl (C=O) groups excluding carboxylic acids is 1. The Hall–Kier alpha value is -2.52. The second-order valence-corrected chi connectivity index (χ2v) is 10.4. The van der Waals surface area contributed by atoms with Crippen LogP contribution in [0.3, 0.4) is 0 Å². The number of amides is 1. The molecule has 1 aromatic heterocycles. The van der Waals surface area contributed by atoms with Crippen LogP contribution in [0.15, 0.2) is 12.1 Å². The molecule has 10 heteroatoms. The van der Waals surface area contributed by atoms with Crippen LogP contribution in [0.5, 0.6) is 11.5 Å². The van der Waals surface area contributed by atoms with Gasteiger partial charge in [-0.2, -0.15) is 4.98 Å². The number of alkyl halides is 1. The molecule has 1 saturated heterocycles. The number of halogens is 1. The van der Waals surface area contributed by atoms with Gasteiger partial charge in [0.25, 0.3) is 0 Å². The standard InChI is InChI=1S/C27H41ClN6O3/c1-33(13-7-12-29-25(35)18-28)27-31-22-17-24(37-3)23(36-2)16-21(22)26(32-27)30-19-8-10-20(11-9-19)34-14-5-4-6-15-34/h16-17,19-20H,4-15,18H2,1-3H3,(H,29,35)(H,30,31,32). The van der Waals surface area contributed by atoms with Crippen LogP contribution in [-0.4, -0.2) is 86.2 Å². The fourth-order valence-corrected chi connectivity index (χ4v) is 5.57. The van der Waals surface area contributed by atoms with E-state index in [1.807, 2.05) is 24.1 Å². The van der Waals surface area contributed by atoms with Crippen LogP contribution in [0, 0.1) is 0 Å². The van der Waals surface area contributed by atoms with Gasteiger partial charge in [-0.3, -0.25) is 4.79 Å². The Morgan fingerprint density at radius 3 is 2.46 bits per heavy atom. The Labute approximate surface area is 225 Å². The predicted octanol–water partition coefficient (Wildman–Crippen LogP) is 4.04. The molecule has 1 amide bonds. The SMILES string of the molecule is COc1cc2nc(N(C)CCCNC(=O)CCl)nc(NC3CCC(N4CCCCC4)CC3)c2cc1OC. The molecule has 9 nitrogen and oxygen atoms in total. The van der Waals surface area contributed by atoms with Gasteiger partial charge in [-0.25, -0.2) is 4.98 Å². The van der Waals surface area contributed by atoms with Crippen molar-refractivity contribution in [3.63, 3.8) is 0 Å². The normalized spacial score (nSPS) is 20.4. The van der Waals surface area contributed by atoms with Crippen molar-refractivity contribution < 1.29 is 14.3 Å². The summed E-state index contributed by atoms with van der Waals surface area (Å²) in [5.74, 6) is 2.57. The van der Waals surface area contributed by atoms with Crippen molar-refractivity contribution in [1.82, 2.24) is 20.2 Å². The highest BCUT2D eigenvalue weighted by atomic mass is 35.5. The molecule has 2 aliphatic rings. The van der Waals surface area contributed by atoms with Crippen LogP contribution in [0.4, 0.5) is 11.8 Å². The highest BCUT2D eigenvalue weighted by molar-refractivity contribution is 6.27. The van der Waals surface area contributed by atoms with Crippen molar-refractivity contribution in [2.75, 3.05) is 63.5 Å². The number of anilines is 2. The molecule has 2 N–H and O–H groups in total. The minimum atomic E-state index is -0.159. The topological polar surface area (TPSA) is 91.8 Å². The molecule has 1 aliphatic heterocycles. The first-order valence-electron chi connectivity index (χ1n) is 13.5. The maximum Gasteiger partial charge on any atom is 0.234 e. The first-order chi connectivity index (χ1) is 18.0. The number of aromatic nitrogens is 2. The fourth-order valence-electron chi connectivity index (χ4n) is 5.48. The lowest BCUT2D eigenvalue weighted by molar-refractivity contribution is -0.118. The van der Waals surface area contributed by atoms with E-state index in [9.17, 15) is 4.79 Å². The number of carbonyl (C=O) groups is 1. The summed E-state index contributed by atoms with van der Waals surface area (Å²) in [4.78, 5) is 25.9. The van der Waals surface area contributed by atoms with Crippen LogP contribution in [0.2, 0.25) is 0 Å². The lowest BCUT2D eigenvalue weighted by Crippen LogP contribution is -2.43. The summed E-state index contributed by atoms with van der Waals surface area (Å²) in [7, 11) is 5.25. The van der Waals surface area contributed by atoms with Gasteiger partial charge in [0.05, 0.1) is 19.7 Å². The van der Waals surface area contributed by atoms with E-state index < -0.39 is 0 Å². The number of likely N-dealkylation sites (tertiary alicyclic amines) is 1. The van der Waals surface area contributed by atoms with Gasteiger partial charge in [0.15, 0.2) is 11.5 Å². The smallest absolute Gasteiger partial charge is 0.234 e. The van der Waals surface area contributed by atoms with Crippen LogP contribution >= 0.6 is 11.6 Å². The van der Waals surface area contributed by atoms with Gasteiger partial charge in [0.1, 0.15) is 11.7 Å². The van der Waals surface area contributed by atoms with Crippen molar-refractivity contribution in [1.29, 1.82) is 0 Å². The van der Waals surface area contributed by atoms with Gasteiger partial charge < -0.3 is 29.9 Å². The molecule has 2 heterocycles. The summed E-state index contributed by atoms with van der Waals surface area (Å²) in [5, 5.41) is 7.48. The zero-order chi connectivity index (χ0) is 26.2. The monoisotopic (exact) mass is 532 g/mol. The van der Waals surface area contributed by atoms with Gasteiger partial charge >= 0.3 is 0 Å². The predicted molar refractivity (Wildman–Crippen MR) is 149 cm³/mol. The number of ether oxygens (including phenoxy) is 2. The first-order valence-corrected chi connectivity index (χ1v) is 14.0. The molecule has 0 radical (unpaired) electrons. The number of piperidine rings is 1. The molecule has 1 aliphatic carbocycles. The molecule has 0 spiro atoms. The van der Waals surface area contributed by atoms with Crippen molar-refractivity contribution in [3.05, 3.63) is 12.1 Å². The average Bonchev–Trinajstić information content (AvgIpc) is 2.95. The average molecular weight is 533 g/mol. The number of fused-ring (bicyclic) bond motifs is 1. The maximum atomic E-state index is 11.4. The zero-order valence-electron chi connectivity index (χ0n) is 22.4. The fraction of sp³-hybridized carbons (Fsp3) is 0.667. The summed E-state index contributed by atoms with van der Waals surface area (Å²) >= 11 is 5.57. The van der Waals surface area contributed by atoms with E-state index in [1.54, 1.807) is 14.2 Å². The van der Waals surface area contributed by atoms with Gasteiger partial charge in [-0.05, 0) is 64.1 Å². The number of hydrogen-bond donors (Lipinski definition) is 2. The van der Waals surface area contributed by atoms with Crippen LogP contribution in [0.25, 0.3) is 10.9 Å². The molecule has 1 saturated carbocycles. The Kier molecular flexibility index (Phi) is 9.91. The third kappa shape index (κ3) is 7.08. The van der Waals surface area contributed by atoms with Crippen LogP contribution in [-0.2, 0) is 4.79 Å². The molecular weight excluding hydrogens is 492 g/mol. The molecule has 37 heavy (non-hydrogen) atoms. The second-order valence-electron chi connectivity index (χ2n) is 10.1. The second kappa shape index (κ2) is 13.3. The highest BCUT2D eigenvalue weighted by Gasteiger charge is 2.27. The Balaban J connectivity index is 1.50. The largest absolute Gasteiger partial charge is 0.493 e. The lowest BCUT2D eigenvalue weighted by Gasteiger charge is -2.39. The maximum absolute atomic E-state index is 11.4. The molecule has 204 valence electrons. The minimum Gasteiger partial charge on any atom is -0.493 e. The Bertz CT molecular complexity index is 1040. The molecule has 0 bridgehead atoms. The lowest BCUT2D eigenvalue weighted by atomic mass is 9.89. The van der Waals surface area contributed by atoms with Crippen molar-refractivity contribution >= 4 is 40.2 Å². The van der Waals surface area contributed by atoms with E-state index in [-0.39, 0.29) is 11.8 Å². The Morgan fingerprint density at radius 1 is 1.08 bits per heavy atom. The quantitative estimate of drug-likeness (QED) is 0.331. The molecule has 0 unspecified atom stereocenters. The number of nitrogens with one attached hydrogen (secondary N) is 2. The third-order valence-electron chi connectivity index (χ3n) is 7.59. The number of hydrogen-bond acceptors (Lipinski definition) is 8. The van der Waals surface area contributed by atoms with Gasteiger partial charge in [-0.1, -0.05) is 6.42 Å². The van der Waals surface area contributed by atoms with Gasteiger partial charge in [0, 0.05) is 43.7 Å². The van der Waals surface area contributed by atoms with Crippen molar-refractivity contribution in [3.8, 4) is 11.5 Å². The molecule has 2 fully saturated rings. The molecule has 0 atom stereocenters. The van der Waals surface area contributed by atoms with E-state index in [0.717, 1.165) is 36.0 Å². The van der Waals surface area contributed by atoms with E-state index in [4.69, 9.17) is 31.0 Å². The number of benzene rings is 1. The van der Waals surface area contributed by atoms with E-state index >= 15 is 0 Å². The van der Waals surface area contributed by atoms with Gasteiger partial charge in [0.2, 0.25) is 11.9 Å². The molecule has 2 aromatic rings. The van der Waals surface area contributed by atoms with E-state index in [0.29, 0.717) is 42.6 Å². The number of rotatable bonds is 11. The molecular formula is C27H41ClN6O3. The van der Waals surface area contributed by atoms with E-state index in [2.05, 4.69) is 15.5 Å². The van der Waals surface area contributed by atoms with Crippen molar-refractivity contribution in [2.45, 2.75) is 63.5 Å². The number of methoxy groups -OCH3 is 2. The number of nitrogens with zero attached hydrogens (tertiary/aromatic N) is 4. The summed E-state index contributed by atoms with van der Waals surface area (Å²) in [5.41, 5.74) is 0.800. The summed E-state index contributed by atoms with van der Waals surface area (Å²) < 4.78 is 11.1. The zero-order valence-corrected chi connectivity index (χ0v) is 23.1. The van der Waals surface area contributed by atoms with Crippen molar-refractivity contribution in [2.24, 2.45) is 0 Å². The van der Waals surface area contributed by atoms with E-state index in [1.165, 1.54) is 45.2 Å². The van der Waals surface area contributed by atoms with Crippen LogP contribution in [0.1, 0.15) is 51.4 Å². The van der Waals surface area contributed by atoms with Crippen LogP contribution < -0.4 is 25.0 Å². The highest BCUT2D eigenvalue weighted by Crippen LogP contribution is 2.36. The minimum absolute atomic E-state index is 0.0239. The van der Waals surface area contributed by atoms with Gasteiger partial charge in [-0.15, -0.1) is 11.6 Å². The summed E-state index contributed by atoms with van der Waals surface area (Å²) in [6.07, 6.45) is 9.52. The summed E-state index contributed by atoms with van der Waals surface area (Å²) in [6.45, 7) is 3.76. The molecule has 4 rings (SSSR count). The summed E-state index contributed by atoms with van der Waals surface area (Å²) in [6, 6.07) is 4.95. The third-order valence-corrected chi connectivity index (χ3v) is 7.83. The Morgan fingerprint density at radius 2 is 1.78 bits per heavy atom. The first kappa shape index (κ1) is 27.5.